The maximum absolute atomic E-state index is 14.8. The number of fused-ring (bicyclic) bond motifs is 5. The van der Waals surface area contributed by atoms with Crippen LogP contribution in [0.2, 0.25) is 0 Å². The molecule has 9 heteroatoms. The zero-order valence-electron chi connectivity index (χ0n) is 20.8. The molecule has 2 atom stereocenters. The van der Waals surface area contributed by atoms with E-state index >= 15 is 0 Å². The van der Waals surface area contributed by atoms with Crippen molar-refractivity contribution in [1.82, 2.24) is 9.55 Å². The lowest BCUT2D eigenvalue weighted by molar-refractivity contribution is -0.157. The normalized spacial score (nSPS) is 21.3. The van der Waals surface area contributed by atoms with Crippen molar-refractivity contribution in [3.8, 4) is 11.4 Å². The van der Waals surface area contributed by atoms with E-state index in [9.17, 15) is 24.2 Å². The van der Waals surface area contributed by atoms with Crippen LogP contribution in [0, 0.1) is 12.7 Å². The molecule has 0 saturated heterocycles. The van der Waals surface area contributed by atoms with Crippen molar-refractivity contribution in [2.75, 3.05) is 13.2 Å². The molecule has 1 aliphatic carbocycles. The molecule has 0 saturated carbocycles. The summed E-state index contributed by atoms with van der Waals surface area (Å²) in [6, 6.07) is 3.01. The van der Waals surface area contributed by atoms with Crippen molar-refractivity contribution < 1.29 is 28.9 Å². The number of carbonyl (C=O) groups is 1. The zero-order valence-corrected chi connectivity index (χ0v) is 20.8. The first kappa shape index (κ1) is 24.5. The van der Waals surface area contributed by atoms with Crippen molar-refractivity contribution in [2.45, 2.75) is 65.4 Å². The first-order chi connectivity index (χ1) is 17.2. The molecule has 2 N–H and O–H groups in total. The maximum atomic E-state index is 14.8. The van der Waals surface area contributed by atoms with Gasteiger partial charge in [-0.2, -0.15) is 0 Å². The maximum Gasteiger partial charge on any atom is 0.340 e. The Morgan fingerprint density at radius 3 is 2.72 bits per heavy atom. The summed E-state index contributed by atoms with van der Waals surface area (Å²) < 4.78 is 27.5. The fourth-order valence-electron chi connectivity index (χ4n) is 5.73. The van der Waals surface area contributed by atoms with Crippen LogP contribution in [0.5, 0.6) is 0 Å². The number of ether oxygens (including phenoxy) is 2. The number of aliphatic hydroxyl groups excluding tert-OH is 2. The van der Waals surface area contributed by atoms with Crippen LogP contribution in [0.4, 0.5) is 4.39 Å². The van der Waals surface area contributed by atoms with Gasteiger partial charge in [-0.3, -0.25) is 4.79 Å². The molecular formula is C27H29FN2O6. The van der Waals surface area contributed by atoms with Gasteiger partial charge in [0.15, 0.2) is 6.10 Å². The summed E-state index contributed by atoms with van der Waals surface area (Å²) in [5.41, 5.74) is 3.84. The second kappa shape index (κ2) is 8.76. The largest absolute Gasteiger partial charge is 0.458 e. The SMILES string of the molecule is CC.Cc1c(F)cc2nc3c(c4c2c1CCC4(C)OCCO)Cn1c-3cc2c(c1=O)COC(=O)C2O. The number of aryl methyl sites for hydroxylation is 1. The van der Waals surface area contributed by atoms with Crippen molar-refractivity contribution >= 4 is 16.9 Å². The molecule has 2 aromatic heterocycles. The molecule has 2 unspecified atom stereocenters. The second-order valence-corrected chi connectivity index (χ2v) is 9.34. The highest BCUT2D eigenvalue weighted by Crippen LogP contribution is 2.48. The number of nitrogens with zero attached hydrogens (tertiary/aromatic N) is 2. The number of hydrogen-bond donors (Lipinski definition) is 2. The molecule has 8 nitrogen and oxygen atoms in total. The summed E-state index contributed by atoms with van der Waals surface area (Å²) in [5, 5.41) is 20.6. The van der Waals surface area contributed by atoms with Gasteiger partial charge in [-0.1, -0.05) is 13.8 Å². The highest BCUT2D eigenvalue weighted by atomic mass is 19.1. The van der Waals surface area contributed by atoms with E-state index in [4.69, 9.17) is 14.5 Å². The van der Waals surface area contributed by atoms with E-state index in [1.165, 1.54) is 6.07 Å². The predicted molar refractivity (Wildman–Crippen MR) is 130 cm³/mol. The van der Waals surface area contributed by atoms with Gasteiger partial charge in [-0.05, 0) is 43.9 Å². The summed E-state index contributed by atoms with van der Waals surface area (Å²) in [5.74, 6) is -1.15. The van der Waals surface area contributed by atoms with Crippen LogP contribution in [-0.2, 0) is 39.4 Å². The molecule has 4 heterocycles. The molecule has 0 spiro atoms. The summed E-state index contributed by atoms with van der Waals surface area (Å²) in [7, 11) is 0. The van der Waals surface area contributed by atoms with Crippen molar-refractivity contribution in [2.24, 2.45) is 0 Å². The third-order valence-electron chi connectivity index (χ3n) is 7.47. The number of aliphatic hydroxyl groups is 2. The van der Waals surface area contributed by atoms with Gasteiger partial charge in [-0.15, -0.1) is 0 Å². The number of pyridine rings is 2. The van der Waals surface area contributed by atoms with Crippen LogP contribution >= 0.6 is 0 Å². The van der Waals surface area contributed by atoms with Crippen LogP contribution in [0.3, 0.4) is 0 Å². The number of halogens is 1. The smallest absolute Gasteiger partial charge is 0.340 e. The van der Waals surface area contributed by atoms with Crippen LogP contribution in [0.1, 0.15) is 66.7 Å². The number of carbonyl (C=O) groups excluding carboxylic acids is 1. The average molecular weight is 497 g/mol. The zero-order chi connectivity index (χ0) is 25.9. The Labute approximate surface area is 207 Å². The molecule has 36 heavy (non-hydrogen) atoms. The standard InChI is InChI=1S/C25H23FN2O6.C2H6/c1-11-12-3-4-25(2,34-6-5-29)20-14-9-28-18(21(14)27-17(19(12)20)8-16(11)26)7-13-15(23(28)31)10-33-24(32)22(13)30;1-2/h7-8,22,29-30H,3-6,9-10H2,1-2H3;1-2H3. The fraction of sp³-hybridized carbons (Fsp3) is 0.444. The van der Waals surface area contributed by atoms with E-state index in [1.54, 1.807) is 17.6 Å². The van der Waals surface area contributed by atoms with Crippen molar-refractivity contribution in [3.05, 3.63) is 61.7 Å². The Kier molecular flexibility index (Phi) is 5.97. The Hall–Kier alpha value is -3.14. The van der Waals surface area contributed by atoms with Gasteiger partial charge in [0.1, 0.15) is 12.4 Å². The second-order valence-electron chi connectivity index (χ2n) is 9.34. The first-order valence-corrected chi connectivity index (χ1v) is 12.3. The van der Waals surface area contributed by atoms with Crippen molar-refractivity contribution in [3.63, 3.8) is 0 Å². The first-order valence-electron chi connectivity index (χ1n) is 12.3. The molecule has 0 radical (unpaired) electrons. The Balaban J connectivity index is 0.00000130. The van der Waals surface area contributed by atoms with Crippen LogP contribution < -0.4 is 5.56 Å². The van der Waals surface area contributed by atoms with Gasteiger partial charge in [0, 0.05) is 28.1 Å². The van der Waals surface area contributed by atoms with E-state index in [0.717, 1.165) is 22.1 Å². The van der Waals surface area contributed by atoms with Crippen LogP contribution in [0.25, 0.3) is 22.3 Å². The third-order valence-corrected chi connectivity index (χ3v) is 7.47. The minimum Gasteiger partial charge on any atom is -0.458 e. The Morgan fingerprint density at radius 2 is 2.00 bits per heavy atom. The van der Waals surface area contributed by atoms with E-state index in [0.29, 0.717) is 35.3 Å². The monoisotopic (exact) mass is 496 g/mol. The number of rotatable bonds is 3. The topological polar surface area (TPSA) is 111 Å². The lowest BCUT2D eigenvalue weighted by Crippen LogP contribution is -2.34. The van der Waals surface area contributed by atoms with Gasteiger partial charge in [-0.25, -0.2) is 14.2 Å². The van der Waals surface area contributed by atoms with Gasteiger partial charge in [0.05, 0.1) is 47.8 Å². The minimum atomic E-state index is -1.55. The van der Waals surface area contributed by atoms with E-state index in [-0.39, 0.29) is 48.9 Å². The highest BCUT2D eigenvalue weighted by Gasteiger charge is 2.41. The predicted octanol–water partition coefficient (Wildman–Crippen LogP) is 3.16. The van der Waals surface area contributed by atoms with Gasteiger partial charge in [0.25, 0.3) is 5.56 Å². The quantitative estimate of drug-likeness (QED) is 0.419. The number of aromatic nitrogens is 2. The van der Waals surface area contributed by atoms with E-state index in [2.05, 4.69) is 0 Å². The molecule has 2 aliphatic heterocycles. The lowest BCUT2D eigenvalue weighted by Gasteiger charge is -2.37. The summed E-state index contributed by atoms with van der Waals surface area (Å²) >= 11 is 0. The Bertz CT molecular complexity index is 1480. The molecule has 1 aromatic carbocycles. The molecule has 3 aromatic rings. The number of esters is 1. The summed E-state index contributed by atoms with van der Waals surface area (Å²) in [6.45, 7) is 7.73. The fourth-order valence-corrected chi connectivity index (χ4v) is 5.73. The molecule has 190 valence electrons. The van der Waals surface area contributed by atoms with Crippen LogP contribution in [0.15, 0.2) is 16.9 Å². The summed E-state index contributed by atoms with van der Waals surface area (Å²) in [6.07, 6.45) is -0.365. The molecule has 0 fully saturated rings. The van der Waals surface area contributed by atoms with Crippen molar-refractivity contribution in [1.29, 1.82) is 0 Å². The number of cyclic esters (lactones) is 1. The molecule has 3 aliphatic rings. The van der Waals surface area contributed by atoms with E-state index in [1.807, 2.05) is 20.8 Å². The van der Waals surface area contributed by atoms with Gasteiger partial charge < -0.3 is 24.3 Å². The van der Waals surface area contributed by atoms with Crippen LogP contribution in [-0.4, -0.2) is 38.9 Å². The molecule has 6 rings (SSSR count). The lowest BCUT2D eigenvalue weighted by atomic mass is 9.76. The highest BCUT2D eigenvalue weighted by molar-refractivity contribution is 5.93. The van der Waals surface area contributed by atoms with Gasteiger partial charge >= 0.3 is 5.97 Å². The molecule has 0 amide bonds. The van der Waals surface area contributed by atoms with E-state index < -0.39 is 17.7 Å². The number of hydrogen-bond acceptors (Lipinski definition) is 7. The molecule has 0 bridgehead atoms. The summed E-state index contributed by atoms with van der Waals surface area (Å²) in [4.78, 5) is 30.0. The number of benzene rings is 1. The third kappa shape index (κ3) is 3.33. The average Bonchev–Trinajstić information content (AvgIpc) is 3.24. The van der Waals surface area contributed by atoms with Gasteiger partial charge in [0.2, 0.25) is 0 Å². The minimum absolute atomic E-state index is 0.136. The molecular weight excluding hydrogens is 467 g/mol. The Morgan fingerprint density at radius 1 is 1.25 bits per heavy atom.